The van der Waals surface area contributed by atoms with Gasteiger partial charge in [-0.25, -0.2) is 13.1 Å². The van der Waals surface area contributed by atoms with Crippen molar-refractivity contribution in [2.24, 2.45) is 5.73 Å². The van der Waals surface area contributed by atoms with Crippen molar-refractivity contribution < 1.29 is 17.9 Å². The number of methoxy groups -OCH3 is 2. The molecular weight excluding hydrogens is 280 g/mol. The minimum atomic E-state index is -3.64. The molecule has 0 saturated heterocycles. The maximum absolute atomic E-state index is 12.4. The Morgan fingerprint density at radius 1 is 1.25 bits per heavy atom. The summed E-state index contributed by atoms with van der Waals surface area (Å²) >= 11 is 0. The van der Waals surface area contributed by atoms with Crippen molar-refractivity contribution in [1.82, 2.24) is 4.72 Å². The molecular formula is C13H22N2O4S. The summed E-state index contributed by atoms with van der Waals surface area (Å²) in [6.07, 6.45) is 0.627. The second-order valence-electron chi connectivity index (χ2n) is 4.43. The number of rotatable bonds is 7. The van der Waals surface area contributed by atoms with Crippen LogP contribution in [0.15, 0.2) is 17.0 Å². The van der Waals surface area contributed by atoms with Gasteiger partial charge in [0.1, 0.15) is 0 Å². The van der Waals surface area contributed by atoms with Gasteiger partial charge in [-0.1, -0.05) is 6.92 Å². The first-order valence-corrected chi connectivity index (χ1v) is 7.82. The lowest BCUT2D eigenvalue weighted by atomic mass is 10.2. The summed E-state index contributed by atoms with van der Waals surface area (Å²) in [5.41, 5.74) is 6.12. The van der Waals surface area contributed by atoms with E-state index in [1.807, 2.05) is 6.92 Å². The third-order valence-electron chi connectivity index (χ3n) is 3.07. The molecule has 0 aliphatic carbocycles. The van der Waals surface area contributed by atoms with Crippen LogP contribution in [0.4, 0.5) is 0 Å². The van der Waals surface area contributed by atoms with Gasteiger partial charge in [-0.3, -0.25) is 0 Å². The minimum absolute atomic E-state index is 0.169. The van der Waals surface area contributed by atoms with Crippen LogP contribution < -0.4 is 19.9 Å². The molecule has 1 aromatic carbocycles. The third-order valence-corrected chi connectivity index (χ3v) is 4.73. The van der Waals surface area contributed by atoms with Gasteiger partial charge in [-0.15, -0.1) is 0 Å². The Balaban J connectivity index is 3.24. The molecule has 0 aliphatic heterocycles. The van der Waals surface area contributed by atoms with Crippen LogP contribution in [0.25, 0.3) is 0 Å². The van der Waals surface area contributed by atoms with Gasteiger partial charge in [-0.2, -0.15) is 0 Å². The number of benzene rings is 1. The Morgan fingerprint density at radius 3 is 2.25 bits per heavy atom. The fourth-order valence-electron chi connectivity index (χ4n) is 1.83. The fraction of sp³-hybridized carbons (Fsp3) is 0.538. The van der Waals surface area contributed by atoms with Crippen LogP contribution in [0, 0.1) is 6.92 Å². The molecule has 114 valence electrons. The molecule has 0 fully saturated rings. The SMILES string of the molecule is CCC(CN)NS(=O)(=O)c1cc(OC)c(OC)cc1C. The monoisotopic (exact) mass is 302 g/mol. The molecule has 20 heavy (non-hydrogen) atoms. The van der Waals surface area contributed by atoms with E-state index in [0.29, 0.717) is 23.5 Å². The maximum atomic E-state index is 12.4. The lowest BCUT2D eigenvalue weighted by molar-refractivity contribution is 0.353. The fourth-order valence-corrected chi connectivity index (χ4v) is 3.41. The highest BCUT2D eigenvalue weighted by Gasteiger charge is 2.22. The van der Waals surface area contributed by atoms with Gasteiger partial charge in [-0.05, 0) is 25.0 Å². The molecule has 1 rings (SSSR count). The van der Waals surface area contributed by atoms with E-state index in [9.17, 15) is 8.42 Å². The molecule has 0 radical (unpaired) electrons. The van der Waals surface area contributed by atoms with Crippen molar-refractivity contribution in [3.8, 4) is 11.5 Å². The van der Waals surface area contributed by atoms with E-state index in [1.54, 1.807) is 13.0 Å². The van der Waals surface area contributed by atoms with Crippen molar-refractivity contribution in [2.75, 3.05) is 20.8 Å². The van der Waals surface area contributed by atoms with Crippen LogP contribution in [0.3, 0.4) is 0 Å². The number of nitrogens with one attached hydrogen (secondary N) is 1. The number of hydrogen-bond donors (Lipinski definition) is 2. The van der Waals surface area contributed by atoms with E-state index in [-0.39, 0.29) is 17.5 Å². The van der Waals surface area contributed by atoms with Gasteiger partial charge in [0.05, 0.1) is 19.1 Å². The topological polar surface area (TPSA) is 90.7 Å². The van der Waals surface area contributed by atoms with Crippen LogP contribution in [0.2, 0.25) is 0 Å². The molecule has 1 aromatic rings. The number of sulfonamides is 1. The highest BCUT2D eigenvalue weighted by molar-refractivity contribution is 7.89. The van der Waals surface area contributed by atoms with Crippen LogP contribution in [0.5, 0.6) is 11.5 Å². The first kappa shape index (κ1) is 16.7. The molecule has 0 saturated carbocycles. The molecule has 0 aliphatic rings. The van der Waals surface area contributed by atoms with Crippen LogP contribution in [0.1, 0.15) is 18.9 Å². The normalized spacial score (nSPS) is 13.1. The summed E-state index contributed by atoms with van der Waals surface area (Å²) in [6.45, 7) is 3.84. The van der Waals surface area contributed by atoms with Crippen molar-refractivity contribution >= 4 is 10.0 Å². The zero-order valence-electron chi connectivity index (χ0n) is 12.3. The third kappa shape index (κ3) is 3.62. The smallest absolute Gasteiger partial charge is 0.241 e. The zero-order chi connectivity index (χ0) is 15.3. The van der Waals surface area contributed by atoms with Crippen LogP contribution in [-0.4, -0.2) is 35.2 Å². The maximum Gasteiger partial charge on any atom is 0.241 e. The van der Waals surface area contributed by atoms with Gasteiger partial charge in [0.15, 0.2) is 11.5 Å². The molecule has 0 spiro atoms. The van der Waals surface area contributed by atoms with E-state index in [1.165, 1.54) is 20.3 Å². The van der Waals surface area contributed by atoms with E-state index in [2.05, 4.69) is 4.72 Å². The summed E-state index contributed by atoms with van der Waals surface area (Å²) in [7, 11) is -0.668. The van der Waals surface area contributed by atoms with E-state index >= 15 is 0 Å². The molecule has 0 heterocycles. The summed E-state index contributed by atoms with van der Waals surface area (Å²) in [5, 5.41) is 0. The number of ether oxygens (including phenoxy) is 2. The van der Waals surface area contributed by atoms with Gasteiger partial charge < -0.3 is 15.2 Å². The van der Waals surface area contributed by atoms with Gasteiger partial charge in [0.25, 0.3) is 0 Å². The van der Waals surface area contributed by atoms with Gasteiger partial charge in [0, 0.05) is 18.7 Å². The van der Waals surface area contributed by atoms with Crippen molar-refractivity contribution in [3.05, 3.63) is 17.7 Å². The molecule has 3 N–H and O–H groups in total. The van der Waals surface area contributed by atoms with Gasteiger partial charge >= 0.3 is 0 Å². The average molecular weight is 302 g/mol. The molecule has 6 nitrogen and oxygen atoms in total. The molecule has 1 atom stereocenters. The quantitative estimate of drug-likeness (QED) is 0.785. The highest BCUT2D eigenvalue weighted by Crippen LogP contribution is 2.32. The standard InChI is InChI=1S/C13H22N2O4S/c1-5-10(8-14)15-20(16,17)13-7-12(19-4)11(18-3)6-9(13)2/h6-7,10,15H,5,8,14H2,1-4H3. The summed E-state index contributed by atoms with van der Waals surface area (Å²) < 4.78 is 37.7. The Labute approximate surface area is 120 Å². The van der Waals surface area contributed by atoms with Gasteiger partial charge in [0.2, 0.25) is 10.0 Å². The van der Waals surface area contributed by atoms with Crippen LogP contribution in [-0.2, 0) is 10.0 Å². The van der Waals surface area contributed by atoms with Crippen molar-refractivity contribution in [1.29, 1.82) is 0 Å². The average Bonchev–Trinajstić information content (AvgIpc) is 2.43. The number of hydrogen-bond acceptors (Lipinski definition) is 5. The Kier molecular flexibility index (Phi) is 5.79. The lowest BCUT2D eigenvalue weighted by Crippen LogP contribution is -2.39. The lowest BCUT2D eigenvalue weighted by Gasteiger charge is -2.17. The predicted molar refractivity (Wildman–Crippen MR) is 77.7 cm³/mol. The van der Waals surface area contributed by atoms with Crippen LogP contribution >= 0.6 is 0 Å². The molecule has 7 heteroatoms. The summed E-state index contributed by atoms with van der Waals surface area (Å²) in [4.78, 5) is 0.169. The van der Waals surface area contributed by atoms with Crippen molar-refractivity contribution in [3.63, 3.8) is 0 Å². The molecule has 1 unspecified atom stereocenters. The van der Waals surface area contributed by atoms with E-state index in [4.69, 9.17) is 15.2 Å². The minimum Gasteiger partial charge on any atom is -0.493 e. The highest BCUT2D eigenvalue weighted by atomic mass is 32.2. The molecule has 0 aromatic heterocycles. The first-order valence-electron chi connectivity index (χ1n) is 6.34. The Morgan fingerprint density at radius 2 is 1.80 bits per heavy atom. The van der Waals surface area contributed by atoms with E-state index < -0.39 is 10.0 Å². The van der Waals surface area contributed by atoms with E-state index in [0.717, 1.165) is 0 Å². The first-order chi connectivity index (χ1) is 9.39. The zero-order valence-corrected chi connectivity index (χ0v) is 13.1. The Hall–Kier alpha value is -1.31. The Bertz CT molecular complexity index is 554. The molecule has 0 bridgehead atoms. The molecule has 0 amide bonds. The largest absolute Gasteiger partial charge is 0.493 e. The predicted octanol–water partition coefficient (Wildman–Crippen LogP) is 1.03. The van der Waals surface area contributed by atoms with Crippen molar-refractivity contribution in [2.45, 2.75) is 31.2 Å². The second-order valence-corrected chi connectivity index (χ2v) is 6.12. The summed E-state index contributed by atoms with van der Waals surface area (Å²) in [6, 6.07) is 2.81. The number of nitrogens with two attached hydrogens (primary N) is 1. The number of aryl methyl sites for hydroxylation is 1. The second kappa shape index (κ2) is 6.92. The summed E-state index contributed by atoms with van der Waals surface area (Å²) in [5.74, 6) is 0.870.